The minimum absolute atomic E-state index is 0.918. The second-order valence-electron chi connectivity index (χ2n) is 16.3. The number of para-hydroxylation sites is 1. The maximum Gasteiger partial charge on any atom is 0.0972 e. The molecule has 62 heavy (non-hydrogen) atoms. The summed E-state index contributed by atoms with van der Waals surface area (Å²) in [4.78, 5) is 15.7. The molecule has 10 aromatic carbocycles. The molecule has 286 valence electrons. The normalized spacial score (nSPS) is 11.9. The minimum atomic E-state index is 0.918. The van der Waals surface area contributed by atoms with Gasteiger partial charge in [-0.05, 0) is 84.5 Å². The van der Waals surface area contributed by atoms with Crippen molar-refractivity contribution < 1.29 is 0 Å². The molecule has 0 bridgehead atoms. The number of benzene rings is 10. The predicted molar refractivity (Wildman–Crippen MR) is 262 cm³/mol. The Morgan fingerprint density at radius 3 is 1.37 bits per heavy atom. The summed E-state index contributed by atoms with van der Waals surface area (Å²) in [6, 6.07) is 76.2. The van der Waals surface area contributed by atoms with Crippen LogP contribution in [0.5, 0.6) is 0 Å². The fourth-order valence-electron chi connectivity index (χ4n) is 9.76. The van der Waals surface area contributed by atoms with Gasteiger partial charge < -0.3 is 0 Å². The molecular weight excluding hydrogens is 751 g/mol. The standard InChI is InChI=1S/C59H35N3/c1-2-10-37(11-3-1)52-32-28-39-22-23-40-29-33-53(61-59(40)58(39)60-52)44-27-31-46-43(35-44)25-24-42-34-41(26-30-45(42)46)36-18-20-38(21-19-36)57-56-50-15-7-5-13-48(50)47-12-4-6-14-49(47)55(56)51-16-8-9-17-54(51)62-57/h1-35H. The van der Waals surface area contributed by atoms with Crippen molar-refractivity contribution in [2.75, 3.05) is 0 Å². The molecular formula is C59H35N3. The highest BCUT2D eigenvalue weighted by Gasteiger charge is 2.18. The van der Waals surface area contributed by atoms with E-state index in [9.17, 15) is 0 Å². The lowest BCUT2D eigenvalue weighted by atomic mass is 9.89. The maximum atomic E-state index is 5.36. The molecule has 0 aliphatic carbocycles. The Hall–Kier alpha value is -8.27. The highest BCUT2D eigenvalue weighted by Crippen LogP contribution is 2.43. The van der Waals surface area contributed by atoms with Gasteiger partial charge in [0.15, 0.2) is 0 Å². The van der Waals surface area contributed by atoms with Crippen molar-refractivity contribution in [3.63, 3.8) is 0 Å². The second-order valence-corrected chi connectivity index (χ2v) is 16.3. The molecule has 3 heterocycles. The van der Waals surface area contributed by atoms with Crippen LogP contribution in [0.4, 0.5) is 0 Å². The quantitative estimate of drug-likeness (QED) is 0.167. The number of fused-ring (bicyclic) bond motifs is 14. The third kappa shape index (κ3) is 5.42. The molecule has 0 saturated heterocycles. The van der Waals surface area contributed by atoms with Crippen LogP contribution in [-0.4, -0.2) is 15.0 Å². The summed E-state index contributed by atoms with van der Waals surface area (Å²) < 4.78 is 0. The highest BCUT2D eigenvalue weighted by atomic mass is 14.8. The topological polar surface area (TPSA) is 38.7 Å². The van der Waals surface area contributed by atoms with E-state index in [2.05, 4.69) is 206 Å². The Morgan fingerprint density at radius 1 is 0.242 bits per heavy atom. The van der Waals surface area contributed by atoms with E-state index in [1.807, 2.05) is 6.07 Å². The smallest absolute Gasteiger partial charge is 0.0972 e. The second kappa shape index (κ2) is 13.6. The van der Waals surface area contributed by atoms with Crippen molar-refractivity contribution in [2.45, 2.75) is 0 Å². The summed E-state index contributed by atoms with van der Waals surface area (Å²) in [7, 11) is 0. The molecule has 0 unspecified atom stereocenters. The first kappa shape index (κ1) is 34.6. The predicted octanol–water partition coefficient (Wildman–Crippen LogP) is 15.8. The maximum absolute atomic E-state index is 5.36. The molecule has 0 radical (unpaired) electrons. The van der Waals surface area contributed by atoms with Gasteiger partial charge in [0, 0.05) is 43.6 Å². The lowest BCUT2D eigenvalue weighted by molar-refractivity contribution is 1.37. The molecule has 13 aromatic rings. The van der Waals surface area contributed by atoms with Gasteiger partial charge >= 0.3 is 0 Å². The van der Waals surface area contributed by atoms with Crippen LogP contribution >= 0.6 is 0 Å². The fraction of sp³-hybridized carbons (Fsp3) is 0. The van der Waals surface area contributed by atoms with E-state index in [4.69, 9.17) is 15.0 Å². The molecule has 3 aromatic heterocycles. The zero-order valence-corrected chi connectivity index (χ0v) is 33.5. The van der Waals surface area contributed by atoms with Gasteiger partial charge in [0.1, 0.15) is 0 Å². The van der Waals surface area contributed by atoms with Crippen molar-refractivity contribution in [3.8, 4) is 44.9 Å². The average molecular weight is 786 g/mol. The number of nitrogens with zero attached hydrogens (tertiary/aromatic N) is 3. The van der Waals surface area contributed by atoms with Crippen LogP contribution in [0, 0.1) is 0 Å². The third-order valence-corrected chi connectivity index (χ3v) is 12.8. The van der Waals surface area contributed by atoms with E-state index >= 15 is 0 Å². The van der Waals surface area contributed by atoms with E-state index in [0.29, 0.717) is 0 Å². The molecule has 0 spiro atoms. The lowest BCUT2D eigenvalue weighted by Gasteiger charge is -2.16. The van der Waals surface area contributed by atoms with E-state index in [0.717, 1.165) is 61.1 Å². The van der Waals surface area contributed by atoms with Gasteiger partial charge in [-0.2, -0.15) is 0 Å². The first-order valence-corrected chi connectivity index (χ1v) is 21.2. The number of rotatable bonds is 4. The SMILES string of the molecule is c1ccc(-c2ccc3ccc4ccc(-c5ccc6c(ccc7cc(-c8ccc(-c9nc%10ccccc%10c%10c%11ccccc%11c%11ccccc%11c9%10)cc8)ccc76)c5)nc4c3n2)cc1. The molecule has 0 fully saturated rings. The van der Waals surface area contributed by atoms with Crippen molar-refractivity contribution >= 4 is 86.6 Å². The molecule has 3 heteroatoms. The summed E-state index contributed by atoms with van der Waals surface area (Å²) in [6.07, 6.45) is 0. The Morgan fingerprint density at radius 2 is 0.710 bits per heavy atom. The number of hydrogen-bond donors (Lipinski definition) is 0. The molecule has 0 aliphatic rings. The molecule has 13 rings (SSSR count). The molecule has 0 amide bonds. The summed E-state index contributed by atoms with van der Waals surface area (Å²) in [5.74, 6) is 0. The third-order valence-electron chi connectivity index (χ3n) is 12.8. The van der Waals surface area contributed by atoms with E-state index in [1.165, 1.54) is 70.4 Å². The van der Waals surface area contributed by atoms with Crippen molar-refractivity contribution in [1.82, 2.24) is 15.0 Å². The van der Waals surface area contributed by atoms with Crippen LogP contribution in [0.25, 0.3) is 131 Å². The van der Waals surface area contributed by atoms with Gasteiger partial charge in [0.25, 0.3) is 0 Å². The summed E-state index contributed by atoms with van der Waals surface area (Å²) in [5.41, 5.74) is 11.4. The molecule has 0 aliphatic heterocycles. The number of aromatic nitrogens is 3. The molecule has 0 atom stereocenters. The molecule has 0 N–H and O–H groups in total. The van der Waals surface area contributed by atoms with E-state index in [1.54, 1.807) is 0 Å². The molecule has 0 saturated carbocycles. The summed E-state index contributed by atoms with van der Waals surface area (Å²) in [5, 5.41) is 15.7. The van der Waals surface area contributed by atoms with Crippen molar-refractivity contribution in [1.29, 1.82) is 0 Å². The van der Waals surface area contributed by atoms with Crippen LogP contribution in [0.15, 0.2) is 212 Å². The first-order chi connectivity index (χ1) is 30.7. The van der Waals surface area contributed by atoms with Gasteiger partial charge in [0.2, 0.25) is 0 Å². The number of hydrogen-bond acceptors (Lipinski definition) is 3. The van der Waals surface area contributed by atoms with Gasteiger partial charge in [-0.3, -0.25) is 0 Å². The van der Waals surface area contributed by atoms with Crippen LogP contribution < -0.4 is 0 Å². The summed E-state index contributed by atoms with van der Waals surface area (Å²) in [6.45, 7) is 0. The Kier molecular flexibility index (Phi) is 7.60. The van der Waals surface area contributed by atoms with Gasteiger partial charge in [-0.1, -0.05) is 182 Å². The largest absolute Gasteiger partial charge is 0.247 e. The zero-order valence-electron chi connectivity index (χ0n) is 33.5. The monoisotopic (exact) mass is 785 g/mol. The Balaban J connectivity index is 0.869. The van der Waals surface area contributed by atoms with Gasteiger partial charge in [-0.25, -0.2) is 15.0 Å². The van der Waals surface area contributed by atoms with Gasteiger partial charge in [-0.15, -0.1) is 0 Å². The zero-order chi connectivity index (χ0) is 40.7. The van der Waals surface area contributed by atoms with Crippen molar-refractivity contribution in [2.24, 2.45) is 0 Å². The average Bonchev–Trinajstić information content (AvgIpc) is 3.35. The van der Waals surface area contributed by atoms with Crippen molar-refractivity contribution in [3.05, 3.63) is 212 Å². The summed E-state index contributed by atoms with van der Waals surface area (Å²) >= 11 is 0. The highest BCUT2D eigenvalue weighted by molar-refractivity contribution is 6.33. The van der Waals surface area contributed by atoms with Gasteiger partial charge in [0.05, 0.1) is 33.6 Å². The molecule has 3 nitrogen and oxygen atoms in total. The number of pyridine rings is 3. The van der Waals surface area contributed by atoms with E-state index in [-0.39, 0.29) is 0 Å². The Labute approximate surface area is 357 Å². The minimum Gasteiger partial charge on any atom is -0.247 e. The first-order valence-electron chi connectivity index (χ1n) is 21.2. The van der Waals surface area contributed by atoms with Crippen LogP contribution in [0.1, 0.15) is 0 Å². The Bertz CT molecular complexity index is 3970. The van der Waals surface area contributed by atoms with Crippen LogP contribution in [0.2, 0.25) is 0 Å². The van der Waals surface area contributed by atoms with Crippen LogP contribution in [0.3, 0.4) is 0 Å². The lowest BCUT2D eigenvalue weighted by Crippen LogP contribution is -1.93. The van der Waals surface area contributed by atoms with Crippen LogP contribution in [-0.2, 0) is 0 Å². The fourth-order valence-corrected chi connectivity index (χ4v) is 9.76. The van der Waals surface area contributed by atoms with E-state index < -0.39 is 0 Å².